The second-order valence-corrected chi connectivity index (χ2v) is 8.56. The van der Waals surface area contributed by atoms with Crippen LogP contribution in [0, 0.1) is 0 Å². The number of methoxy groups -OCH3 is 2. The zero-order chi connectivity index (χ0) is 19.4. The van der Waals surface area contributed by atoms with Gasteiger partial charge in [0, 0.05) is 28.6 Å². The van der Waals surface area contributed by atoms with E-state index in [4.69, 9.17) is 21.1 Å². The van der Waals surface area contributed by atoms with Crippen molar-refractivity contribution in [2.24, 2.45) is 0 Å². The minimum Gasteiger partial charge on any atom is -0.497 e. The lowest BCUT2D eigenvalue weighted by Crippen LogP contribution is -2.31. The van der Waals surface area contributed by atoms with Crippen LogP contribution < -0.4 is 9.47 Å². The van der Waals surface area contributed by atoms with Crippen molar-refractivity contribution in [2.45, 2.75) is 25.4 Å². The van der Waals surface area contributed by atoms with Crippen LogP contribution in [0.15, 0.2) is 47.9 Å². The van der Waals surface area contributed by atoms with E-state index in [9.17, 15) is 8.42 Å². The highest BCUT2D eigenvalue weighted by atomic mass is 35.5. The van der Waals surface area contributed by atoms with E-state index < -0.39 is 10.0 Å². The van der Waals surface area contributed by atoms with Crippen LogP contribution in [0.5, 0.6) is 11.5 Å². The lowest BCUT2D eigenvalue weighted by atomic mass is 10.2. The average molecular weight is 408 g/mol. The lowest BCUT2D eigenvalue weighted by molar-refractivity contribution is 0.372. The van der Waals surface area contributed by atoms with Crippen LogP contribution in [-0.2, 0) is 16.6 Å². The van der Waals surface area contributed by atoms with E-state index in [-0.39, 0.29) is 12.6 Å². The fraction of sp³-hybridized carbons (Fsp3) is 0.300. The predicted octanol–water partition coefficient (Wildman–Crippen LogP) is 4.32. The van der Waals surface area contributed by atoms with Crippen molar-refractivity contribution < 1.29 is 17.9 Å². The Morgan fingerprint density at radius 3 is 2.41 bits per heavy atom. The summed E-state index contributed by atoms with van der Waals surface area (Å²) in [6, 6.07) is 12.4. The average Bonchev–Trinajstić information content (AvgIpc) is 3.50. The molecule has 0 radical (unpaired) electrons. The highest BCUT2D eigenvalue weighted by molar-refractivity contribution is 7.92. The van der Waals surface area contributed by atoms with Crippen molar-refractivity contribution in [3.05, 3.63) is 64.0 Å². The molecule has 0 aliphatic heterocycles. The number of rotatable bonds is 8. The number of sulfonamides is 1. The standard InChI is InChI=1S/C20H22ClNO4S/c1-25-19-9-10-20(26-2)16(13-19)14-22(18-7-8-18)27(23,24)12-11-15-3-5-17(21)6-4-15/h3-6,9-13,18H,7-8,14H2,1-2H3/b12-11+. The van der Waals surface area contributed by atoms with Crippen LogP contribution >= 0.6 is 11.6 Å². The second-order valence-electron chi connectivity index (χ2n) is 6.35. The molecule has 2 aromatic rings. The van der Waals surface area contributed by atoms with Gasteiger partial charge in [0.2, 0.25) is 10.0 Å². The van der Waals surface area contributed by atoms with Gasteiger partial charge in [0.25, 0.3) is 0 Å². The largest absolute Gasteiger partial charge is 0.497 e. The molecule has 7 heteroatoms. The van der Waals surface area contributed by atoms with Gasteiger partial charge in [0.1, 0.15) is 11.5 Å². The fourth-order valence-electron chi connectivity index (χ4n) is 2.78. The number of nitrogens with zero attached hydrogens (tertiary/aromatic N) is 1. The van der Waals surface area contributed by atoms with Crippen molar-refractivity contribution in [1.82, 2.24) is 4.31 Å². The normalized spacial score (nSPS) is 14.7. The summed E-state index contributed by atoms with van der Waals surface area (Å²) in [6.07, 6.45) is 3.31. The van der Waals surface area contributed by atoms with Crippen molar-refractivity contribution in [3.63, 3.8) is 0 Å². The van der Waals surface area contributed by atoms with E-state index in [0.717, 1.165) is 24.0 Å². The molecule has 0 N–H and O–H groups in total. The van der Waals surface area contributed by atoms with Crippen LogP contribution in [0.1, 0.15) is 24.0 Å². The molecule has 27 heavy (non-hydrogen) atoms. The Morgan fingerprint density at radius 2 is 1.81 bits per heavy atom. The summed E-state index contributed by atoms with van der Waals surface area (Å²) in [5, 5.41) is 1.86. The zero-order valence-corrected chi connectivity index (χ0v) is 16.8. The fourth-order valence-corrected chi connectivity index (χ4v) is 4.34. The molecule has 2 aromatic carbocycles. The van der Waals surface area contributed by atoms with Gasteiger partial charge in [-0.1, -0.05) is 23.7 Å². The highest BCUT2D eigenvalue weighted by Crippen LogP contribution is 2.34. The van der Waals surface area contributed by atoms with Crippen molar-refractivity contribution in [3.8, 4) is 11.5 Å². The topological polar surface area (TPSA) is 55.8 Å². The van der Waals surface area contributed by atoms with Crippen LogP contribution in [0.3, 0.4) is 0 Å². The summed E-state index contributed by atoms with van der Waals surface area (Å²) >= 11 is 5.87. The maximum absolute atomic E-state index is 13.0. The Kier molecular flexibility index (Phi) is 6.09. The van der Waals surface area contributed by atoms with E-state index in [1.165, 1.54) is 9.71 Å². The van der Waals surface area contributed by atoms with Crippen LogP contribution in [0.25, 0.3) is 6.08 Å². The maximum atomic E-state index is 13.0. The first-order valence-corrected chi connectivity index (χ1v) is 10.5. The number of ether oxygens (including phenoxy) is 2. The summed E-state index contributed by atoms with van der Waals surface area (Å²) < 4.78 is 38.1. The molecule has 1 fully saturated rings. The number of hydrogen-bond donors (Lipinski definition) is 0. The van der Waals surface area contributed by atoms with E-state index in [2.05, 4.69) is 0 Å². The van der Waals surface area contributed by atoms with Gasteiger partial charge in [-0.05, 0) is 54.8 Å². The van der Waals surface area contributed by atoms with Gasteiger partial charge in [-0.25, -0.2) is 8.42 Å². The molecular formula is C20H22ClNO4S. The van der Waals surface area contributed by atoms with E-state index in [1.54, 1.807) is 56.7 Å². The third kappa shape index (κ3) is 5.03. The molecule has 0 aromatic heterocycles. The quantitative estimate of drug-likeness (QED) is 0.653. The van der Waals surface area contributed by atoms with Gasteiger partial charge < -0.3 is 9.47 Å². The van der Waals surface area contributed by atoms with Crippen molar-refractivity contribution in [1.29, 1.82) is 0 Å². The monoisotopic (exact) mass is 407 g/mol. The first-order chi connectivity index (χ1) is 12.9. The van der Waals surface area contributed by atoms with Gasteiger partial charge in [-0.15, -0.1) is 0 Å². The highest BCUT2D eigenvalue weighted by Gasteiger charge is 2.36. The summed E-state index contributed by atoms with van der Waals surface area (Å²) in [7, 11) is -0.436. The molecular weight excluding hydrogens is 386 g/mol. The van der Waals surface area contributed by atoms with Crippen LogP contribution in [0.2, 0.25) is 5.02 Å². The minimum absolute atomic E-state index is 0.0146. The minimum atomic E-state index is -3.59. The third-order valence-electron chi connectivity index (χ3n) is 4.40. The summed E-state index contributed by atoms with van der Waals surface area (Å²) in [4.78, 5) is 0. The Bertz CT molecular complexity index is 921. The molecule has 1 aliphatic carbocycles. The molecule has 1 saturated carbocycles. The van der Waals surface area contributed by atoms with Crippen molar-refractivity contribution in [2.75, 3.05) is 14.2 Å². The molecule has 0 spiro atoms. The molecule has 5 nitrogen and oxygen atoms in total. The summed E-state index contributed by atoms with van der Waals surface area (Å²) in [6.45, 7) is 0.234. The Morgan fingerprint density at radius 1 is 1.11 bits per heavy atom. The second kappa shape index (κ2) is 8.33. The van der Waals surface area contributed by atoms with Gasteiger partial charge in [0.15, 0.2) is 0 Å². The van der Waals surface area contributed by atoms with Gasteiger partial charge in [-0.2, -0.15) is 4.31 Å². The Balaban J connectivity index is 1.86. The molecule has 0 amide bonds. The zero-order valence-electron chi connectivity index (χ0n) is 15.3. The Labute approximate surface area is 165 Å². The molecule has 0 bridgehead atoms. The SMILES string of the molecule is COc1ccc(OC)c(CN(C2CC2)S(=O)(=O)/C=C/c2ccc(Cl)cc2)c1. The predicted molar refractivity (Wildman–Crippen MR) is 108 cm³/mol. The molecule has 3 rings (SSSR count). The number of hydrogen-bond acceptors (Lipinski definition) is 4. The molecule has 0 atom stereocenters. The first-order valence-electron chi connectivity index (χ1n) is 8.59. The van der Waals surface area contributed by atoms with Crippen LogP contribution in [-0.4, -0.2) is 33.0 Å². The molecule has 1 aliphatic rings. The van der Waals surface area contributed by atoms with Gasteiger partial charge in [-0.3, -0.25) is 0 Å². The number of benzene rings is 2. The van der Waals surface area contributed by atoms with Crippen LogP contribution in [0.4, 0.5) is 0 Å². The number of halogens is 1. The molecule has 144 valence electrons. The summed E-state index contributed by atoms with van der Waals surface area (Å²) in [5.74, 6) is 1.30. The molecule has 0 heterocycles. The lowest BCUT2D eigenvalue weighted by Gasteiger charge is -2.21. The van der Waals surface area contributed by atoms with E-state index in [0.29, 0.717) is 16.5 Å². The first kappa shape index (κ1) is 19.7. The van der Waals surface area contributed by atoms with Gasteiger partial charge >= 0.3 is 0 Å². The third-order valence-corrected chi connectivity index (χ3v) is 6.21. The summed E-state index contributed by atoms with van der Waals surface area (Å²) in [5.41, 5.74) is 1.55. The maximum Gasteiger partial charge on any atom is 0.236 e. The van der Waals surface area contributed by atoms with Gasteiger partial charge in [0.05, 0.1) is 14.2 Å². The smallest absolute Gasteiger partial charge is 0.236 e. The van der Waals surface area contributed by atoms with Crippen molar-refractivity contribution >= 4 is 27.7 Å². The van der Waals surface area contributed by atoms with E-state index in [1.807, 2.05) is 6.07 Å². The Hall–Kier alpha value is -2.02. The molecule has 0 unspecified atom stereocenters. The van der Waals surface area contributed by atoms with E-state index >= 15 is 0 Å². The molecule has 0 saturated heterocycles.